The van der Waals surface area contributed by atoms with Crippen LogP contribution < -0.4 is 5.56 Å². The number of rotatable bonds is 6. The minimum absolute atomic E-state index is 0.103. The lowest BCUT2D eigenvalue weighted by Gasteiger charge is -2.18. The Morgan fingerprint density at radius 1 is 1.46 bits per heavy atom. The number of fused-ring (bicyclic) bond motifs is 1. The van der Waals surface area contributed by atoms with Crippen LogP contribution in [0.15, 0.2) is 40.6 Å². The molecule has 26 heavy (non-hydrogen) atoms. The van der Waals surface area contributed by atoms with Gasteiger partial charge in [-0.05, 0) is 12.1 Å². The molecule has 0 aliphatic carbocycles. The van der Waals surface area contributed by atoms with Gasteiger partial charge in [-0.2, -0.15) is 0 Å². The summed E-state index contributed by atoms with van der Waals surface area (Å²) in [5, 5.41) is 2.10. The van der Waals surface area contributed by atoms with E-state index in [-0.39, 0.29) is 23.8 Å². The van der Waals surface area contributed by atoms with E-state index in [0.29, 0.717) is 27.0 Å². The van der Waals surface area contributed by atoms with Crippen molar-refractivity contribution in [1.82, 2.24) is 14.3 Å². The highest BCUT2D eigenvalue weighted by Crippen LogP contribution is 2.21. The molecule has 0 fully saturated rings. The first-order valence-corrected chi connectivity index (χ1v) is 10.1. The van der Waals surface area contributed by atoms with Gasteiger partial charge in [0, 0.05) is 47.6 Å². The zero-order valence-corrected chi connectivity index (χ0v) is 16.2. The van der Waals surface area contributed by atoms with Crippen LogP contribution in [0, 0.1) is 5.82 Å². The third kappa shape index (κ3) is 4.25. The fourth-order valence-electron chi connectivity index (χ4n) is 2.32. The lowest BCUT2D eigenvalue weighted by molar-refractivity contribution is -0.127. The highest BCUT2D eigenvalue weighted by Gasteiger charge is 2.14. The summed E-state index contributed by atoms with van der Waals surface area (Å²) >= 11 is 8.74. The molecule has 0 saturated carbocycles. The van der Waals surface area contributed by atoms with Crippen LogP contribution in [-0.2, 0) is 17.1 Å². The SMILES string of the molecule is CN(Cc1c(F)cccc1Cl)C(=O)CSCc1cc(=O)n2ccsc2n1. The van der Waals surface area contributed by atoms with Crippen molar-refractivity contribution < 1.29 is 9.18 Å². The lowest BCUT2D eigenvalue weighted by atomic mass is 10.2. The van der Waals surface area contributed by atoms with E-state index in [1.165, 1.54) is 50.6 Å². The summed E-state index contributed by atoms with van der Waals surface area (Å²) in [6.07, 6.45) is 1.68. The molecular weight excluding hydrogens is 397 g/mol. The van der Waals surface area contributed by atoms with Crippen molar-refractivity contribution >= 4 is 45.6 Å². The van der Waals surface area contributed by atoms with Crippen molar-refractivity contribution in [3.8, 4) is 0 Å². The number of nitrogens with zero attached hydrogens (tertiary/aromatic N) is 3. The molecule has 1 aromatic carbocycles. The Morgan fingerprint density at radius 2 is 2.27 bits per heavy atom. The predicted molar refractivity (Wildman–Crippen MR) is 103 cm³/mol. The molecule has 136 valence electrons. The van der Waals surface area contributed by atoms with Crippen LogP contribution in [0.25, 0.3) is 4.96 Å². The zero-order valence-electron chi connectivity index (χ0n) is 13.8. The van der Waals surface area contributed by atoms with Crippen molar-refractivity contribution in [3.63, 3.8) is 0 Å². The summed E-state index contributed by atoms with van der Waals surface area (Å²) in [5.41, 5.74) is 0.799. The molecule has 2 aromatic heterocycles. The predicted octanol–water partition coefficient (Wildman–Crippen LogP) is 3.44. The second kappa shape index (κ2) is 8.20. The second-order valence-corrected chi connectivity index (χ2v) is 7.85. The summed E-state index contributed by atoms with van der Waals surface area (Å²) in [7, 11) is 1.61. The molecule has 0 unspecified atom stereocenters. The molecule has 0 atom stereocenters. The largest absolute Gasteiger partial charge is 0.341 e. The van der Waals surface area contributed by atoms with Crippen LogP contribution in [0.2, 0.25) is 5.02 Å². The van der Waals surface area contributed by atoms with Gasteiger partial charge in [0.05, 0.1) is 11.4 Å². The summed E-state index contributed by atoms with van der Waals surface area (Å²) in [5.74, 6) is 0.0690. The fraction of sp³-hybridized carbons (Fsp3) is 0.235. The number of benzene rings is 1. The number of hydrogen-bond donors (Lipinski definition) is 0. The van der Waals surface area contributed by atoms with Gasteiger partial charge in [-0.3, -0.25) is 14.0 Å². The number of carbonyl (C=O) groups excluding carboxylic acids is 1. The second-order valence-electron chi connectivity index (χ2n) is 5.58. The smallest absolute Gasteiger partial charge is 0.258 e. The van der Waals surface area contributed by atoms with E-state index in [1.54, 1.807) is 24.7 Å². The van der Waals surface area contributed by atoms with E-state index >= 15 is 0 Å². The molecule has 2 heterocycles. The molecule has 0 bridgehead atoms. The third-order valence-electron chi connectivity index (χ3n) is 3.71. The van der Waals surface area contributed by atoms with Crippen molar-refractivity contribution in [2.24, 2.45) is 0 Å². The van der Waals surface area contributed by atoms with E-state index in [2.05, 4.69) is 4.98 Å². The van der Waals surface area contributed by atoms with Gasteiger partial charge in [0.25, 0.3) is 5.56 Å². The summed E-state index contributed by atoms with van der Waals surface area (Å²) in [6, 6.07) is 5.91. The Hall–Kier alpha value is -1.90. The molecule has 0 aliphatic rings. The Kier molecular flexibility index (Phi) is 5.95. The van der Waals surface area contributed by atoms with E-state index in [4.69, 9.17) is 11.6 Å². The van der Waals surface area contributed by atoms with E-state index in [1.807, 2.05) is 0 Å². The van der Waals surface area contributed by atoms with Crippen LogP contribution in [0.5, 0.6) is 0 Å². The van der Waals surface area contributed by atoms with Gasteiger partial charge in [-0.25, -0.2) is 9.37 Å². The van der Waals surface area contributed by atoms with Crippen LogP contribution in [0.3, 0.4) is 0 Å². The number of amides is 1. The maximum atomic E-state index is 13.8. The summed E-state index contributed by atoms with van der Waals surface area (Å²) in [4.78, 5) is 30.6. The van der Waals surface area contributed by atoms with Gasteiger partial charge in [-0.1, -0.05) is 17.7 Å². The summed E-state index contributed by atoms with van der Waals surface area (Å²) in [6.45, 7) is 0.103. The molecule has 0 spiro atoms. The molecule has 0 N–H and O–H groups in total. The zero-order chi connectivity index (χ0) is 18.7. The summed E-state index contributed by atoms with van der Waals surface area (Å²) < 4.78 is 15.3. The highest BCUT2D eigenvalue weighted by molar-refractivity contribution is 7.99. The molecule has 0 radical (unpaired) electrons. The molecule has 0 aliphatic heterocycles. The van der Waals surface area contributed by atoms with Gasteiger partial charge in [-0.15, -0.1) is 23.1 Å². The Labute approximate surface area is 162 Å². The van der Waals surface area contributed by atoms with Crippen molar-refractivity contribution in [1.29, 1.82) is 0 Å². The Balaban J connectivity index is 1.57. The molecule has 9 heteroatoms. The molecule has 1 amide bonds. The standard InChI is InChI=1S/C17H15ClFN3O2S2/c1-21(8-12-13(18)3-2-4-14(12)19)16(24)10-25-9-11-7-15(23)22-5-6-26-17(22)20-11/h2-7H,8-10H2,1H3. The molecule has 5 nitrogen and oxygen atoms in total. The topological polar surface area (TPSA) is 54.7 Å². The van der Waals surface area contributed by atoms with Gasteiger partial charge in [0.15, 0.2) is 4.96 Å². The molecular formula is C17H15ClFN3O2S2. The van der Waals surface area contributed by atoms with Crippen LogP contribution >= 0.6 is 34.7 Å². The maximum Gasteiger partial charge on any atom is 0.258 e. The molecule has 3 rings (SSSR count). The first-order chi connectivity index (χ1) is 12.5. The van der Waals surface area contributed by atoms with Gasteiger partial charge >= 0.3 is 0 Å². The quantitative estimate of drug-likeness (QED) is 0.623. The molecule has 0 saturated heterocycles. The van der Waals surface area contributed by atoms with Gasteiger partial charge in [0.2, 0.25) is 5.91 Å². The number of aromatic nitrogens is 2. The fourth-order valence-corrected chi connectivity index (χ4v) is 4.14. The highest BCUT2D eigenvalue weighted by atomic mass is 35.5. The van der Waals surface area contributed by atoms with Gasteiger partial charge in [0.1, 0.15) is 5.82 Å². The van der Waals surface area contributed by atoms with Gasteiger partial charge < -0.3 is 4.90 Å². The lowest BCUT2D eigenvalue weighted by Crippen LogP contribution is -2.28. The van der Waals surface area contributed by atoms with E-state index < -0.39 is 5.82 Å². The Bertz CT molecular complexity index is 985. The maximum absolute atomic E-state index is 13.8. The van der Waals surface area contributed by atoms with Crippen molar-refractivity contribution in [2.75, 3.05) is 12.8 Å². The molecule has 3 aromatic rings. The minimum atomic E-state index is -0.432. The van der Waals surface area contributed by atoms with Crippen LogP contribution in [0.4, 0.5) is 4.39 Å². The number of hydrogen-bond acceptors (Lipinski definition) is 5. The normalized spacial score (nSPS) is 11.0. The third-order valence-corrected chi connectivity index (χ3v) is 5.78. The first-order valence-electron chi connectivity index (χ1n) is 7.66. The van der Waals surface area contributed by atoms with Crippen LogP contribution in [0.1, 0.15) is 11.3 Å². The Morgan fingerprint density at radius 3 is 3.04 bits per heavy atom. The number of halogens is 2. The average Bonchev–Trinajstić information content (AvgIpc) is 3.07. The number of thioether (sulfide) groups is 1. The van der Waals surface area contributed by atoms with Crippen molar-refractivity contribution in [3.05, 3.63) is 68.3 Å². The van der Waals surface area contributed by atoms with Crippen LogP contribution in [-0.4, -0.2) is 33.0 Å². The number of thiazole rings is 1. The minimum Gasteiger partial charge on any atom is -0.341 e. The first kappa shape index (κ1) is 18.9. The van der Waals surface area contributed by atoms with E-state index in [9.17, 15) is 14.0 Å². The van der Waals surface area contributed by atoms with E-state index in [0.717, 1.165) is 0 Å². The number of carbonyl (C=O) groups is 1. The van der Waals surface area contributed by atoms with Crippen molar-refractivity contribution in [2.45, 2.75) is 12.3 Å². The average molecular weight is 412 g/mol. The monoisotopic (exact) mass is 411 g/mol.